The molecule has 1 atom stereocenters. The van der Waals surface area contributed by atoms with Crippen LogP contribution in [0.5, 0.6) is 5.75 Å². The number of amides is 1. The first-order chi connectivity index (χ1) is 15.1. The molecule has 6 nitrogen and oxygen atoms in total. The number of hydrogen-bond donors (Lipinski definition) is 1. The second-order valence-corrected chi connectivity index (χ2v) is 7.88. The molecule has 3 heterocycles. The molecule has 5 rings (SSSR count). The topological polar surface area (TPSA) is 69.0 Å². The zero-order chi connectivity index (χ0) is 21.4. The first kappa shape index (κ1) is 19.3. The Bertz CT molecular complexity index is 1260. The van der Waals surface area contributed by atoms with Gasteiger partial charge in [-0.2, -0.15) is 5.10 Å². The van der Waals surface area contributed by atoms with Crippen LogP contribution in [0, 0.1) is 6.92 Å². The van der Waals surface area contributed by atoms with E-state index in [1.807, 2.05) is 74.6 Å². The molecule has 1 unspecified atom stereocenters. The number of aromatic nitrogens is 3. The van der Waals surface area contributed by atoms with Gasteiger partial charge in [0, 0.05) is 18.2 Å². The van der Waals surface area contributed by atoms with Crippen LogP contribution in [-0.4, -0.2) is 27.3 Å². The maximum absolute atomic E-state index is 13.6. The van der Waals surface area contributed by atoms with E-state index in [1.165, 1.54) is 0 Å². The molecule has 0 radical (unpaired) electrons. The standard InChI is InChI=1S/C25H24N4O2/c1-16-23-19(15-21(17-9-4-3-5-10-17)26-24(23)29(2)28-16)25(30)27-20-12-8-14-31-22-13-7-6-11-18(20)22/h3-7,9-11,13,15,20H,8,12,14H2,1-2H3,(H,27,30). The molecule has 1 N–H and O–H groups in total. The number of carbonyl (C=O) groups excluding carboxylic acids is 1. The second kappa shape index (κ2) is 7.87. The van der Waals surface area contributed by atoms with Crippen LogP contribution in [0.2, 0.25) is 0 Å². The normalized spacial score (nSPS) is 15.7. The summed E-state index contributed by atoms with van der Waals surface area (Å²) in [6, 6.07) is 19.6. The highest BCUT2D eigenvalue weighted by atomic mass is 16.5. The van der Waals surface area contributed by atoms with Crippen LogP contribution < -0.4 is 10.1 Å². The van der Waals surface area contributed by atoms with Gasteiger partial charge in [-0.25, -0.2) is 4.98 Å². The molecule has 0 aliphatic carbocycles. The highest BCUT2D eigenvalue weighted by Gasteiger charge is 2.25. The number of para-hydroxylation sites is 1. The fraction of sp³-hybridized carbons (Fsp3) is 0.240. The van der Waals surface area contributed by atoms with Gasteiger partial charge in [0.15, 0.2) is 5.65 Å². The fourth-order valence-electron chi connectivity index (χ4n) is 4.29. The lowest BCUT2D eigenvalue weighted by atomic mass is 10.0. The molecule has 1 amide bonds. The van der Waals surface area contributed by atoms with E-state index in [1.54, 1.807) is 4.68 Å². The summed E-state index contributed by atoms with van der Waals surface area (Å²) in [5.41, 5.74) is 4.83. The van der Waals surface area contributed by atoms with Crippen LogP contribution in [0.3, 0.4) is 0 Å². The van der Waals surface area contributed by atoms with E-state index in [4.69, 9.17) is 9.72 Å². The number of fused-ring (bicyclic) bond motifs is 2. The van der Waals surface area contributed by atoms with Crippen LogP contribution in [0.4, 0.5) is 0 Å². The Balaban J connectivity index is 1.59. The van der Waals surface area contributed by atoms with Crippen molar-refractivity contribution in [2.75, 3.05) is 6.61 Å². The molecule has 156 valence electrons. The Kier molecular flexibility index (Phi) is 4.90. The van der Waals surface area contributed by atoms with Crippen LogP contribution in [-0.2, 0) is 7.05 Å². The SMILES string of the molecule is Cc1nn(C)c2nc(-c3ccccc3)cc(C(=O)NC3CCCOc4ccccc43)c12. The number of pyridine rings is 1. The molecular weight excluding hydrogens is 388 g/mol. The lowest BCUT2D eigenvalue weighted by molar-refractivity contribution is 0.0936. The first-order valence-corrected chi connectivity index (χ1v) is 10.5. The molecule has 2 aromatic heterocycles. The van der Waals surface area contributed by atoms with Crippen molar-refractivity contribution in [2.45, 2.75) is 25.8 Å². The van der Waals surface area contributed by atoms with Gasteiger partial charge in [0.1, 0.15) is 5.75 Å². The van der Waals surface area contributed by atoms with Crippen molar-refractivity contribution in [1.29, 1.82) is 0 Å². The summed E-state index contributed by atoms with van der Waals surface area (Å²) >= 11 is 0. The average Bonchev–Trinajstić information content (AvgIpc) is 2.96. The number of hydrogen-bond acceptors (Lipinski definition) is 4. The van der Waals surface area contributed by atoms with Gasteiger partial charge in [-0.1, -0.05) is 48.5 Å². The molecule has 0 saturated carbocycles. The summed E-state index contributed by atoms with van der Waals surface area (Å²) in [4.78, 5) is 18.4. The summed E-state index contributed by atoms with van der Waals surface area (Å²) in [5.74, 6) is 0.718. The van der Waals surface area contributed by atoms with Gasteiger partial charge < -0.3 is 10.1 Å². The monoisotopic (exact) mass is 412 g/mol. The van der Waals surface area contributed by atoms with Gasteiger partial charge in [0.05, 0.1) is 35.0 Å². The van der Waals surface area contributed by atoms with Crippen molar-refractivity contribution < 1.29 is 9.53 Å². The third kappa shape index (κ3) is 3.54. The van der Waals surface area contributed by atoms with E-state index < -0.39 is 0 Å². The van der Waals surface area contributed by atoms with Crippen molar-refractivity contribution in [3.8, 4) is 17.0 Å². The fourth-order valence-corrected chi connectivity index (χ4v) is 4.29. The zero-order valence-corrected chi connectivity index (χ0v) is 17.6. The van der Waals surface area contributed by atoms with E-state index in [2.05, 4.69) is 10.4 Å². The summed E-state index contributed by atoms with van der Waals surface area (Å²) in [7, 11) is 1.86. The van der Waals surface area contributed by atoms with Gasteiger partial charge in [-0.3, -0.25) is 9.48 Å². The number of rotatable bonds is 3. The number of nitrogens with one attached hydrogen (secondary N) is 1. The number of benzene rings is 2. The number of nitrogens with zero attached hydrogens (tertiary/aromatic N) is 3. The van der Waals surface area contributed by atoms with E-state index in [-0.39, 0.29) is 11.9 Å². The highest BCUT2D eigenvalue weighted by Crippen LogP contribution is 2.32. The van der Waals surface area contributed by atoms with Crippen molar-refractivity contribution >= 4 is 16.9 Å². The van der Waals surface area contributed by atoms with Crippen molar-refractivity contribution in [3.05, 3.63) is 77.5 Å². The number of ether oxygens (including phenoxy) is 1. The van der Waals surface area contributed by atoms with E-state index in [0.717, 1.165) is 46.5 Å². The predicted octanol–water partition coefficient (Wildman–Crippen LogP) is 4.59. The molecule has 0 spiro atoms. The Morgan fingerprint density at radius 3 is 2.74 bits per heavy atom. The molecule has 31 heavy (non-hydrogen) atoms. The lowest BCUT2D eigenvalue weighted by Crippen LogP contribution is -2.28. The van der Waals surface area contributed by atoms with E-state index in [9.17, 15) is 4.79 Å². The predicted molar refractivity (Wildman–Crippen MR) is 120 cm³/mol. The van der Waals surface area contributed by atoms with Crippen molar-refractivity contribution in [3.63, 3.8) is 0 Å². The number of aryl methyl sites for hydroxylation is 2. The van der Waals surface area contributed by atoms with Crippen LogP contribution in [0.25, 0.3) is 22.3 Å². The Morgan fingerprint density at radius 1 is 1.13 bits per heavy atom. The molecule has 6 heteroatoms. The van der Waals surface area contributed by atoms with E-state index in [0.29, 0.717) is 17.8 Å². The number of carbonyl (C=O) groups is 1. The lowest BCUT2D eigenvalue weighted by Gasteiger charge is -2.19. The third-order valence-electron chi connectivity index (χ3n) is 5.78. The van der Waals surface area contributed by atoms with Gasteiger partial charge in [-0.15, -0.1) is 0 Å². The molecular formula is C25H24N4O2. The largest absolute Gasteiger partial charge is 0.493 e. The Labute approximate surface area is 180 Å². The zero-order valence-electron chi connectivity index (χ0n) is 17.6. The molecule has 4 aromatic rings. The average molecular weight is 412 g/mol. The smallest absolute Gasteiger partial charge is 0.252 e. The summed E-state index contributed by atoms with van der Waals surface area (Å²) < 4.78 is 7.60. The molecule has 2 aromatic carbocycles. The van der Waals surface area contributed by atoms with Gasteiger partial charge in [-0.05, 0) is 31.9 Å². The van der Waals surface area contributed by atoms with Crippen LogP contribution in [0.15, 0.2) is 60.7 Å². The Hall–Kier alpha value is -3.67. The second-order valence-electron chi connectivity index (χ2n) is 7.88. The molecule has 0 bridgehead atoms. The maximum atomic E-state index is 13.6. The van der Waals surface area contributed by atoms with Crippen molar-refractivity contribution in [2.24, 2.45) is 7.05 Å². The van der Waals surface area contributed by atoms with Gasteiger partial charge in [0.25, 0.3) is 5.91 Å². The van der Waals surface area contributed by atoms with E-state index >= 15 is 0 Å². The van der Waals surface area contributed by atoms with Crippen LogP contribution >= 0.6 is 0 Å². The minimum atomic E-state index is -0.123. The molecule has 1 aliphatic heterocycles. The summed E-state index contributed by atoms with van der Waals surface area (Å²) in [6.45, 7) is 2.57. The summed E-state index contributed by atoms with van der Waals surface area (Å²) in [6.07, 6.45) is 1.71. The summed E-state index contributed by atoms with van der Waals surface area (Å²) in [5, 5.41) is 8.56. The minimum Gasteiger partial charge on any atom is -0.493 e. The van der Waals surface area contributed by atoms with Gasteiger partial charge in [0.2, 0.25) is 0 Å². The maximum Gasteiger partial charge on any atom is 0.252 e. The quantitative estimate of drug-likeness (QED) is 0.534. The minimum absolute atomic E-state index is 0.105. The highest BCUT2D eigenvalue weighted by molar-refractivity contribution is 6.07. The molecule has 1 aliphatic rings. The van der Waals surface area contributed by atoms with Crippen molar-refractivity contribution in [1.82, 2.24) is 20.1 Å². The molecule has 0 fully saturated rings. The van der Waals surface area contributed by atoms with Crippen LogP contribution in [0.1, 0.15) is 40.5 Å². The third-order valence-corrected chi connectivity index (χ3v) is 5.78. The first-order valence-electron chi connectivity index (χ1n) is 10.5. The van der Waals surface area contributed by atoms with Gasteiger partial charge >= 0.3 is 0 Å². The Morgan fingerprint density at radius 2 is 1.90 bits per heavy atom. The molecule has 0 saturated heterocycles.